The van der Waals surface area contributed by atoms with Gasteiger partial charge in [-0.1, -0.05) is 35.5 Å². The smallest absolute Gasteiger partial charge is 0.246 e. The number of nitrogens with zero attached hydrogens (tertiary/aromatic N) is 4. The average Bonchev–Trinajstić information content (AvgIpc) is 3.34. The molecular formula is C23H24N4O2. The molecule has 0 aliphatic carbocycles. The van der Waals surface area contributed by atoms with E-state index < -0.39 is 0 Å². The minimum absolute atomic E-state index is 0.0569. The van der Waals surface area contributed by atoms with E-state index in [2.05, 4.69) is 15.1 Å². The molecule has 4 rings (SSSR count). The van der Waals surface area contributed by atoms with Crippen LogP contribution in [0, 0.1) is 19.8 Å². The lowest BCUT2D eigenvalue weighted by Gasteiger charge is -2.15. The number of benzene rings is 1. The molecule has 1 fully saturated rings. The van der Waals surface area contributed by atoms with Crippen molar-refractivity contribution in [2.24, 2.45) is 5.92 Å². The van der Waals surface area contributed by atoms with Crippen LogP contribution in [-0.4, -0.2) is 39.0 Å². The Kier molecular flexibility index (Phi) is 5.51. The average molecular weight is 388 g/mol. The zero-order valence-corrected chi connectivity index (χ0v) is 16.7. The Morgan fingerprint density at radius 1 is 1.21 bits per heavy atom. The monoisotopic (exact) mass is 388 g/mol. The van der Waals surface area contributed by atoms with Crippen molar-refractivity contribution in [3.8, 4) is 11.3 Å². The van der Waals surface area contributed by atoms with Gasteiger partial charge in [-0.15, -0.1) is 0 Å². The molecule has 1 saturated heterocycles. The van der Waals surface area contributed by atoms with E-state index in [0.29, 0.717) is 5.92 Å². The largest absolute Gasteiger partial charge is 0.361 e. The highest BCUT2D eigenvalue weighted by atomic mass is 16.5. The highest BCUT2D eigenvalue weighted by Gasteiger charge is 2.27. The third-order valence-electron chi connectivity index (χ3n) is 5.34. The zero-order chi connectivity index (χ0) is 20.2. The van der Waals surface area contributed by atoms with Gasteiger partial charge < -0.3 is 9.42 Å². The van der Waals surface area contributed by atoms with Crippen LogP contribution in [0.3, 0.4) is 0 Å². The molecule has 1 atom stereocenters. The highest BCUT2D eigenvalue weighted by molar-refractivity contribution is 5.91. The number of carbonyl (C=O) groups excluding carboxylic acids is 1. The zero-order valence-electron chi connectivity index (χ0n) is 16.7. The van der Waals surface area contributed by atoms with Gasteiger partial charge in [0.05, 0.1) is 22.6 Å². The molecule has 1 aromatic carbocycles. The quantitative estimate of drug-likeness (QED) is 0.621. The summed E-state index contributed by atoms with van der Waals surface area (Å²) >= 11 is 0. The number of rotatable bonds is 5. The first-order valence-corrected chi connectivity index (χ1v) is 9.87. The maximum Gasteiger partial charge on any atom is 0.246 e. The summed E-state index contributed by atoms with van der Waals surface area (Å²) in [7, 11) is 0. The van der Waals surface area contributed by atoms with Gasteiger partial charge in [0.2, 0.25) is 5.91 Å². The lowest BCUT2D eigenvalue weighted by atomic mass is 9.98. The second-order valence-corrected chi connectivity index (χ2v) is 7.44. The number of likely N-dealkylation sites (tertiary alicyclic amines) is 1. The summed E-state index contributed by atoms with van der Waals surface area (Å²) in [6.45, 7) is 5.31. The third-order valence-corrected chi connectivity index (χ3v) is 5.34. The molecule has 0 radical (unpaired) electrons. The Labute approximate surface area is 170 Å². The fourth-order valence-electron chi connectivity index (χ4n) is 3.86. The van der Waals surface area contributed by atoms with Crippen LogP contribution in [0.2, 0.25) is 0 Å². The second kappa shape index (κ2) is 8.39. The van der Waals surface area contributed by atoms with Crippen molar-refractivity contribution in [1.29, 1.82) is 0 Å². The number of aryl methyl sites for hydroxylation is 2. The molecule has 0 saturated carbocycles. The van der Waals surface area contributed by atoms with E-state index >= 15 is 0 Å². The van der Waals surface area contributed by atoms with Crippen molar-refractivity contribution >= 4 is 12.0 Å². The van der Waals surface area contributed by atoms with Crippen LogP contribution in [0.25, 0.3) is 17.3 Å². The number of hydrogen-bond donors (Lipinski definition) is 0. The van der Waals surface area contributed by atoms with Gasteiger partial charge in [0.1, 0.15) is 5.76 Å². The van der Waals surface area contributed by atoms with Gasteiger partial charge in [-0.2, -0.15) is 0 Å². The summed E-state index contributed by atoms with van der Waals surface area (Å²) in [4.78, 5) is 23.6. The summed E-state index contributed by atoms with van der Waals surface area (Å²) in [5.41, 5.74) is 4.53. The Morgan fingerprint density at radius 2 is 2.00 bits per heavy atom. The highest BCUT2D eigenvalue weighted by Crippen LogP contribution is 2.30. The molecule has 1 amide bonds. The van der Waals surface area contributed by atoms with Crippen LogP contribution in [0.1, 0.15) is 29.1 Å². The first-order valence-electron chi connectivity index (χ1n) is 9.87. The van der Waals surface area contributed by atoms with Crippen molar-refractivity contribution in [3.63, 3.8) is 0 Å². The van der Waals surface area contributed by atoms with Gasteiger partial charge in [0.15, 0.2) is 0 Å². The van der Waals surface area contributed by atoms with Crippen LogP contribution in [0.5, 0.6) is 0 Å². The molecule has 0 spiro atoms. The summed E-state index contributed by atoms with van der Waals surface area (Å²) in [5, 5.41) is 4.04. The van der Waals surface area contributed by atoms with Crippen LogP contribution < -0.4 is 0 Å². The van der Waals surface area contributed by atoms with E-state index in [0.717, 1.165) is 59.9 Å². The maximum atomic E-state index is 12.6. The minimum Gasteiger partial charge on any atom is -0.361 e. The maximum absolute atomic E-state index is 12.6. The molecule has 148 valence electrons. The third kappa shape index (κ3) is 4.26. The van der Waals surface area contributed by atoms with E-state index in [4.69, 9.17) is 4.52 Å². The van der Waals surface area contributed by atoms with E-state index in [1.54, 1.807) is 18.5 Å². The van der Waals surface area contributed by atoms with E-state index in [-0.39, 0.29) is 5.91 Å². The van der Waals surface area contributed by atoms with Gasteiger partial charge in [-0.25, -0.2) is 0 Å². The van der Waals surface area contributed by atoms with Gasteiger partial charge >= 0.3 is 0 Å². The predicted molar refractivity (Wildman–Crippen MR) is 111 cm³/mol. The Morgan fingerprint density at radius 3 is 2.76 bits per heavy atom. The SMILES string of the molecule is Cc1noc(C)c1-c1nccnc1CC1CCN(C(=O)/C=C/c2ccccc2)C1. The fourth-order valence-corrected chi connectivity index (χ4v) is 3.86. The molecular weight excluding hydrogens is 364 g/mol. The first kappa shape index (κ1) is 19.1. The molecule has 3 aromatic rings. The number of amides is 1. The molecule has 1 aliphatic rings. The molecule has 6 heteroatoms. The predicted octanol–water partition coefficient (Wildman–Crippen LogP) is 3.85. The van der Waals surface area contributed by atoms with Crippen molar-refractivity contribution < 1.29 is 9.32 Å². The molecule has 6 nitrogen and oxygen atoms in total. The summed E-state index contributed by atoms with van der Waals surface area (Å²) < 4.78 is 5.31. The van der Waals surface area contributed by atoms with E-state index in [1.807, 2.05) is 55.2 Å². The summed E-state index contributed by atoms with van der Waals surface area (Å²) in [6.07, 6.45) is 8.69. The Balaban J connectivity index is 1.44. The topological polar surface area (TPSA) is 72.1 Å². The van der Waals surface area contributed by atoms with Gasteiger partial charge in [-0.3, -0.25) is 14.8 Å². The summed E-state index contributed by atoms with van der Waals surface area (Å²) in [5.74, 6) is 1.17. The Bertz CT molecular complexity index is 1010. The van der Waals surface area contributed by atoms with E-state index in [9.17, 15) is 4.79 Å². The van der Waals surface area contributed by atoms with E-state index in [1.165, 1.54) is 0 Å². The molecule has 0 bridgehead atoms. The lowest BCUT2D eigenvalue weighted by molar-refractivity contribution is -0.125. The molecule has 2 aromatic heterocycles. The molecule has 3 heterocycles. The van der Waals surface area contributed by atoms with Crippen molar-refractivity contribution in [2.75, 3.05) is 13.1 Å². The Hall–Kier alpha value is -3.28. The van der Waals surface area contributed by atoms with Crippen molar-refractivity contribution in [2.45, 2.75) is 26.7 Å². The van der Waals surface area contributed by atoms with Crippen molar-refractivity contribution in [1.82, 2.24) is 20.0 Å². The molecule has 1 unspecified atom stereocenters. The number of hydrogen-bond acceptors (Lipinski definition) is 5. The second-order valence-electron chi connectivity index (χ2n) is 7.44. The fraction of sp³-hybridized carbons (Fsp3) is 0.304. The molecule has 29 heavy (non-hydrogen) atoms. The standard InChI is InChI=1S/C23H24N4O2/c1-16-22(17(2)29-26-16)23-20(24-11-12-25-23)14-19-10-13-27(15-19)21(28)9-8-18-6-4-3-5-7-18/h3-9,11-12,19H,10,13-15H2,1-2H3/b9-8+. The minimum atomic E-state index is 0.0569. The van der Waals surface area contributed by atoms with Gasteiger partial charge in [0, 0.05) is 31.6 Å². The van der Waals surface area contributed by atoms with Crippen LogP contribution >= 0.6 is 0 Å². The molecule has 1 aliphatic heterocycles. The van der Waals surface area contributed by atoms with Crippen molar-refractivity contribution in [3.05, 3.63) is 71.5 Å². The normalized spacial score (nSPS) is 16.6. The van der Waals surface area contributed by atoms with Crippen LogP contribution in [0.15, 0.2) is 53.3 Å². The number of aromatic nitrogens is 3. The molecule has 0 N–H and O–H groups in total. The van der Waals surface area contributed by atoms with Crippen LogP contribution in [-0.2, 0) is 11.2 Å². The number of carbonyl (C=O) groups is 1. The van der Waals surface area contributed by atoms with Gasteiger partial charge in [0.25, 0.3) is 0 Å². The van der Waals surface area contributed by atoms with Crippen LogP contribution in [0.4, 0.5) is 0 Å². The van der Waals surface area contributed by atoms with Gasteiger partial charge in [-0.05, 0) is 44.2 Å². The summed E-state index contributed by atoms with van der Waals surface area (Å²) in [6, 6.07) is 9.87. The first-order chi connectivity index (χ1) is 14.1. The lowest BCUT2D eigenvalue weighted by Crippen LogP contribution is -2.27.